The molecule has 2 aromatic heterocycles. The largest absolute Gasteiger partial charge is 0.425 e. The molecule has 0 fully saturated rings. The van der Waals surface area contributed by atoms with Gasteiger partial charge >= 0.3 is 11.7 Å². The molecular formula is C25H27ClN4O4. The van der Waals surface area contributed by atoms with Gasteiger partial charge in [-0.25, -0.2) is 4.79 Å². The fraction of sp³-hybridized carbons (Fsp3) is 0.320. The molecule has 8 nitrogen and oxygen atoms in total. The van der Waals surface area contributed by atoms with Crippen LogP contribution in [0.5, 0.6) is 11.8 Å². The van der Waals surface area contributed by atoms with Crippen LogP contribution in [0.1, 0.15) is 24.5 Å². The average molecular weight is 483 g/mol. The Morgan fingerprint density at radius 3 is 2.47 bits per heavy atom. The molecule has 0 aliphatic carbocycles. The van der Waals surface area contributed by atoms with Crippen LogP contribution >= 0.6 is 11.6 Å². The molecule has 0 saturated carbocycles. The number of ether oxygens (including phenoxy) is 2. The Kier molecular flexibility index (Phi) is 7.19. The fourth-order valence-electron chi connectivity index (χ4n) is 3.90. The molecule has 4 rings (SSSR count). The van der Waals surface area contributed by atoms with Crippen molar-refractivity contribution in [3.05, 3.63) is 85.5 Å². The zero-order valence-electron chi connectivity index (χ0n) is 19.5. The van der Waals surface area contributed by atoms with Gasteiger partial charge < -0.3 is 9.47 Å². The van der Waals surface area contributed by atoms with E-state index in [9.17, 15) is 9.59 Å². The topological polar surface area (TPSA) is 80.3 Å². The number of imidazole rings is 1. The van der Waals surface area contributed by atoms with Crippen molar-refractivity contribution in [1.82, 2.24) is 18.7 Å². The van der Waals surface area contributed by atoms with Crippen molar-refractivity contribution in [2.45, 2.75) is 39.9 Å². The van der Waals surface area contributed by atoms with Crippen molar-refractivity contribution in [2.75, 3.05) is 13.7 Å². The third-order valence-corrected chi connectivity index (χ3v) is 5.83. The van der Waals surface area contributed by atoms with Gasteiger partial charge in [0.25, 0.3) is 5.56 Å². The predicted molar refractivity (Wildman–Crippen MR) is 132 cm³/mol. The lowest BCUT2D eigenvalue weighted by atomic mass is 10.2. The number of aromatic nitrogens is 4. The normalized spacial score (nSPS) is 11.3. The van der Waals surface area contributed by atoms with E-state index in [1.807, 2.05) is 50.2 Å². The third kappa shape index (κ3) is 4.78. The first-order valence-electron chi connectivity index (χ1n) is 11.1. The highest BCUT2D eigenvalue weighted by Gasteiger charge is 2.22. The zero-order chi connectivity index (χ0) is 24.2. The lowest BCUT2D eigenvalue weighted by Gasteiger charge is -2.12. The van der Waals surface area contributed by atoms with Crippen molar-refractivity contribution in [3.8, 4) is 11.8 Å². The van der Waals surface area contributed by atoms with Gasteiger partial charge in [-0.1, -0.05) is 35.9 Å². The molecule has 2 aromatic carbocycles. The molecule has 2 heterocycles. The molecule has 178 valence electrons. The van der Waals surface area contributed by atoms with Crippen LogP contribution in [0.2, 0.25) is 5.02 Å². The maximum Gasteiger partial charge on any atom is 0.332 e. The second-order valence-corrected chi connectivity index (χ2v) is 8.46. The Hall–Kier alpha value is -3.36. The number of methoxy groups -OCH3 is 1. The maximum absolute atomic E-state index is 13.6. The molecule has 0 unspecified atom stereocenters. The summed E-state index contributed by atoms with van der Waals surface area (Å²) in [5, 5.41) is 0.621. The summed E-state index contributed by atoms with van der Waals surface area (Å²) in [5.74, 6) is 0.596. The van der Waals surface area contributed by atoms with Crippen LogP contribution in [-0.2, 0) is 24.4 Å². The molecule has 0 aliphatic heterocycles. The minimum absolute atomic E-state index is 0.240. The molecule has 0 bridgehead atoms. The third-order valence-electron chi connectivity index (χ3n) is 5.58. The summed E-state index contributed by atoms with van der Waals surface area (Å²) in [5.41, 5.74) is 1.77. The molecule has 0 atom stereocenters. The molecule has 0 aliphatic rings. The molecule has 4 aromatic rings. The summed E-state index contributed by atoms with van der Waals surface area (Å²) in [6, 6.07) is 15.2. The van der Waals surface area contributed by atoms with Gasteiger partial charge in [-0.2, -0.15) is 4.98 Å². The summed E-state index contributed by atoms with van der Waals surface area (Å²) in [4.78, 5) is 31.3. The fourth-order valence-corrected chi connectivity index (χ4v) is 4.03. The van der Waals surface area contributed by atoms with Crippen LogP contribution in [0.15, 0.2) is 58.1 Å². The van der Waals surface area contributed by atoms with Crippen molar-refractivity contribution in [2.24, 2.45) is 0 Å². The minimum atomic E-state index is -0.402. The van der Waals surface area contributed by atoms with Crippen molar-refractivity contribution < 1.29 is 9.47 Å². The van der Waals surface area contributed by atoms with Gasteiger partial charge in [0.2, 0.25) is 0 Å². The van der Waals surface area contributed by atoms with Gasteiger partial charge in [-0.05, 0) is 55.7 Å². The first-order chi connectivity index (χ1) is 16.4. The molecule has 0 N–H and O–H groups in total. The molecule has 0 saturated heterocycles. The Morgan fingerprint density at radius 2 is 1.79 bits per heavy atom. The number of benzene rings is 2. The van der Waals surface area contributed by atoms with Crippen LogP contribution in [0.3, 0.4) is 0 Å². The van der Waals surface area contributed by atoms with E-state index in [1.54, 1.807) is 23.8 Å². The zero-order valence-corrected chi connectivity index (χ0v) is 20.2. The van der Waals surface area contributed by atoms with E-state index in [-0.39, 0.29) is 12.6 Å². The Labute approximate surface area is 201 Å². The highest BCUT2D eigenvalue weighted by Crippen LogP contribution is 2.26. The summed E-state index contributed by atoms with van der Waals surface area (Å²) in [6.45, 7) is 5.20. The van der Waals surface area contributed by atoms with Gasteiger partial charge in [0.05, 0.1) is 6.54 Å². The first kappa shape index (κ1) is 23.8. The lowest BCUT2D eigenvalue weighted by molar-refractivity contribution is 0.189. The summed E-state index contributed by atoms with van der Waals surface area (Å²) >= 11 is 6.06. The van der Waals surface area contributed by atoms with Crippen LogP contribution < -0.4 is 16.0 Å². The van der Waals surface area contributed by atoms with Crippen LogP contribution in [-0.4, -0.2) is 32.4 Å². The van der Waals surface area contributed by atoms with Gasteiger partial charge in [0, 0.05) is 31.8 Å². The average Bonchev–Trinajstić information content (AvgIpc) is 3.15. The quantitative estimate of drug-likeness (QED) is 0.334. The number of hydrogen-bond donors (Lipinski definition) is 0. The van der Waals surface area contributed by atoms with E-state index >= 15 is 0 Å². The number of fused-ring (bicyclic) bond motifs is 1. The summed E-state index contributed by atoms with van der Waals surface area (Å²) in [7, 11) is 1.59. The number of nitrogens with zero attached hydrogens (tertiary/aromatic N) is 4. The molecule has 9 heteroatoms. The van der Waals surface area contributed by atoms with Crippen molar-refractivity contribution in [3.63, 3.8) is 0 Å². The van der Waals surface area contributed by atoms with E-state index < -0.39 is 11.2 Å². The van der Waals surface area contributed by atoms with Crippen LogP contribution in [0.4, 0.5) is 0 Å². The van der Waals surface area contributed by atoms with E-state index in [2.05, 4.69) is 4.98 Å². The van der Waals surface area contributed by atoms with Crippen molar-refractivity contribution in [1.29, 1.82) is 0 Å². The number of halogens is 1. The van der Waals surface area contributed by atoms with Gasteiger partial charge in [0.1, 0.15) is 5.75 Å². The standard InChI is InChI=1S/C25H27ClN4O4/c1-4-28-22-21(23(31)29(25(28)32)13-6-14-33-3)30(16-18-9-11-19(26)12-10-18)24(27-22)34-20-8-5-7-17(2)15-20/h5,7-12,15H,4,6,13-14,16H2,1-3H3. The molecule has 0 radical (unpaired) electrons. The number of rotatable bonds is 9. The van der Waals surface area contributed by atoms with Crippen molar-refractivity contribution >= 4 is 22.8 Å². The van der Waals surface area contributed by atoms with Gasteiger partial charge in [-0.15, -0.1) is 0 Å². The Bertz CT molecular complexity index is 1420. The summed E-state index contributed by atoms with van der Waals surface area (Å²) in [6.07, 6.45) is 0.541. The van der Waals surface area contributed by atoms with Crippen LogP contribution in [0, 0.1) is 6.92 Å². The van der Waals surface area contributed by atoms with E-state index in [0.717, 1.165) is 11.1 Å². The second kappa shape index (κ2) is 10.3. The Morgan fingerprint density at radius 1 is 1.03 bits per heavy atom. The molecule has 0 spiro atoms. The molecular weight excluding hydrogens is 456 g/mol. The van der Waals surface area contributed by atoms with Gasteiger partial charge in [-0.3, -0.25) is 18.5 Å². The number of aryl methyl sites for hydroxylation is 2. The highest BCUT2D eigenvalue weighted by molar-refractivity contribution is 6.30. The van der Waals surface area contributed by atoms with Gasteiger partial charge in [0.15, 0.2) is 11.2 Å². The smallest absolute Gasteiger partial charge is 0.332 e. The number of hydrogen-bond acceptors (Lipinski definition) is 5. The summed E-state index contributed by atoms with van der Waals surface area (Å²) < 4.78 is 15.7. The Balaban J connectivity index is 1.93. The SMILES string of the molecule is CCn1c(=O)n(CCCOC)c(=O)c2c1nc(Oc1cccc(C)c1)n2Cc1ccc(Cl)cc1. The van der Waals surface area contributed by atoms with E-state index in [4.69, 9.17) is 21.1 Å². The maximum atomic E-state index is 13.6. The predicted octanol–water partition coefficient (Wildman–Crippen LogP) is 4.22. The lowest BCUT2D eigenvalue weighted by Crippen LogP contribution is -2.40. The molecule has 34 heavy (non-hydrogen) atoms. The monoisotopic (exact) mass is 482 g/mol. The second-order valence-electron chi connectivity index (χ2n) is 8.03. The first-order valence-corrected chi connectivity index (χ1v) is 11.5. The molecule has 0 amide bonds. The minimum Gasteiger partial charge on any atom is -0.425 e. The van der Waals surface area contributed by atoms with Crippen LogP contribution in [0.25, 0.3) is 11.2 Å². The highest BCUT2D eigenvalue weighted by atomic mass is 35.5. The van der Waals surface area contributed by atoms with E-state index in [0.29, 0.717) is 48.1 Å². The van der Waals surface area contributed by atoms with E-state index in [1.165, 1.54) is 9.13 Å².